The molecule has 2 atom stereocenters. The van der Waals surface area contributed by atoms with E-state index in [9.17, 15) is 19.2 Å². The molecule has 3 rings (SSSR count). The van der Waals surface area contributed by atoms with E-state index in [1.165, 1.54) is 4.90 Å². The van der Waals surface area contributed by atoms with Crippen molar-refractivity contribution in [1.29, 1.82) is 0 Å². The summed E-state index contributed by atoms with van der Waals surface area (Å²) in [6.07, 6.45) is 2.08. The molecule has 9 nitrogen and oxygen atoms in total. The number of amides is 5. The largest absolute Gasteiger partial charge is 0.497 e. The molecule has 5 amide bonds. The number of rotatable bonds is 7. The van der Waals surface area contributed by atoms with Crippen LogP contribution < -0.4 is 15.4 Å². The molecule has 9 heteroatoms. The van der Waals surface area contributed by atoms with E-state index in [1.807, 2.05) is 0 Å². The summed E-state index contributed by atoms with van der Waals surface area (Å²) in [4.78, 5) is 53.6. The van der Waals surface area contributed by atoms with E-state index in [0.717, 1.165) is 11.3 Å². The third kappa shape index (κ3) is 5.46. The number of nitrogens with one attached hydrogen (secondary N) is 2. The molecule has 2 N–H and O–H groups in total. The summed E-state index contributed by atoms with van der Waals surface area (Å²) >= 11 is 0. The topological polar surface area (TPSA) is 108 Å². The molecule has 180 valence electrons. The van der Waals surface area contributed by atoms with E-state index >= 15 is 0 Å². The minimum absolute atomic E-state index is 0.0877. The molecule has 1 aliphatic heterocycles. The van der Waals surface area contributed by atoms with Crippen molar-refractivity contribution in [2.45, 2.75) is 52.5 Å². The molecule has 1 heterocycles. The van der Waals surface area contributed by atoms with Crippen LogP contribution in [0, 0.1) is 11.3 Å². The summed E-state index contributed by atoms with van der Waals surface area (Å²) in [7, 11) is 1.56. The van der Waals surface area contributed by atoms with Crippen LogP contribution in [0.5, 0.6) is 5.75 Å². The van der Waals surface area contributed by atoms with E-state index in [1.54, 1.807) is 38.3 Å². The Hall–Kier alpha value is -3.10. The molecule has 0 radical (unpaired) electrons. The average Bonchev–Trinajstić information content (AvgIpc) is 2.94. The first-order chi connectivity index (χ1) is 15.5. The van der Waals surface area contributed by atoms with Crippen LogP contribution in [0.4, 0.5) is 10.5 Å². The number of ether oxygens (including phenoxy) is 1. The predicted octanol–water partition coefficient (Wildman–Crippen LogP) is 2.62. The molecular weight excluding hydrogens is 424 g/mol. The number of imide groups is 1. The molecule has 1 aromatic rings. The molecule has 1 aliphatic carbocycles. The molecule has 0 unspecified atom stereocenters. The molecule has 0 aromatic heterocycles. The predicted molar refractivity (Wildman–Crippen MR) is 124 cm³/mol. The zero-order valence-electron chi connectivity index (χ0n) is 20.1. The highest BCUT2D eigenvalue weighted by Gasteiger charge is 2.56. The van der Waals surface area contributed by atoms with Crippen LogP contribution in [0.1, 0.15) is 47.0 Å². The zero-order valence-corrected chi connectivity index (χ0v) is 20.1. The lowest BCUT2D eigenvalue weighted by Gasteiger charge is -2.43. The maximum atomic E-state index is 13.3. The number of benzene rings is 1. The maximum Gasteiger partial charge on any atom is 0.325 e. The molecular formula is C24H34N4O5. The number of urea groups is 1. The van der Waals surface area contributed by atoms with Gasteiger partial charge in [0.15, 0.2) is 0 Å². The van der Waals surface area contributed by atoms with Gasteiger partial charge in [0.1, 0.15) is 17.8 Å². The number of carbonyl (C=O) groups is 4. The van der Waals surface area contributed by atoms with Crippen LogP contribution in [0.15, 0.2) is 24.3 Å². The molecule has 33 heavy (non-hydrogen) atoms. The molecule has 1 saturated carbocycles. The number of anilines is 1. The molecule has 2 fully saturated rings. The minimum Gasteiger partial charge on any atom is -0.497 e. The van der Waals surface area contributed by atoms with Crippen molar-refractivity contribution in [3.63, 3.8) is 0 Å². The smallest absolute Gasteiger partial charge is 0.325 e. The minimum atomic E-state index is -0.957. The van der Waals surface area contributed by atoms with E-state index < -0.39 is 17.5 Å². The second-order valence-corrected chi connectivity index (χ2v) is 9.94. The van der Waals surface area contributed by atoms with E-state index in [0.29, 0.717) is 24.3 Å². The lowest BCUT2D eigenvalue weighted by atomic mass is 9.64. The monoisotopic (exact) mass is 458 g/mol. The van der Waals surface area contributed by atoms with Gasteiger partial charge in [-0.25, -0.2) is 4.79 Å². The van der Waals surface area contributed by atoms with Gasteiger partial charge >= 0.3 is 6.03 Å². The number of hydrogen-bond acceptors (Lipinski definition) is 5. The Morgan fingerprint density at radius 1 is 1.21 bits per heavy atom. The van der Waals surface area contributed by atoms with Crippen molar-refractivity contribution < 1.29 is 23.9 Å². The molecule has 1 aromatic carbocycles. The van der Waals surface area contributed by atoms with Crippen molar-refractivity contribution in [3.8, 4) is 5.75 Å². The number of carbonyl (C=O) groups excluding carboxylic acids is 4. The van der Waals surface area contributed by atoms with Crippen LogP contribution in [0.2, 0.25) is 0 Å². The van der Waals surface area contributed by atoms with Gasteiger partial charge in [-0.15, -0.1) is 0 Å². The SMILES string of the molecule is CCN(CC(=O)Nc1ccc(OC)cc1)C(=O)CN1C(=O)N[C@@]2(C[C@@H](C)CC(C)(C)C2)C1=O. The summed E-state index contributed by atoms with van der Waals surface area (Å²) in [5.74, 6) is -0.222. The first-order valence-corrected chi connectivity index (χ1v) is 11.3. The third-order valence-corrected chi connectivity index (χ3v) is 6.36. The van der Waals surface area contributed by atoms with Crippen molar-refractivity contribution in [2.24, 2.45) is 11.3 Å². The first kappa shape index (κ1) is 24.5. The van der Waals surface area contributed by atoms with E-state index in [4.69, 9.17) is 4.74 Å². The second-order valence-electron chi connectivity index (χ2n) is 9.94. The number of hydrogen-bond donors (Lipinski definition) is 2. The molecule has 2 aliphatic rings. The fraction of sp³-hybridized carbons (Fsp3) is 0.583. The number of methoxy groups -OCH3 is 1. The molecule has 1 spiro atoms. The third-order valence-electron chi connectivity index (χ3n) is 6.36. The van der Waals surface area contributed by atoms with Gasteiger partial charge in [-0.2, -0.15) is 0 Å². The zero-order chi connectivity index (χ0) is 24.4. The fourth-order valence-corrected chi connectivity index (χ4v) is 5.31. The quantitative estimate of drug-likeness (QED) is 0.611. The average molecular weight is 459 g/mol. The van der Waals surface area contributed by atoms with Crippen molar-refractivity contribution >= 4 is 29.4 Å². The fourth-order valence-electron chi connectivity index (χ4n) is 5.31. The van der Waals surface area contributed by atoms with Gasteiger partial charge < -0.3 is 20.3 Å². The lowest BCUT2D eigenvalue weighted by molar-refractivity contribution is -0.141. The van der Waals surface area contributed by atoms with Gasteiger partial charge in [-0.1, -0.05) is 20.8 Å². The highest BCUT2D eigenvalue weighted by Crippen LogP contribution is 2.46. The van der Waals surface area contributed by atoms with Gasteiger partial charge in [0, 0.05) is 12.2 Å². The summed E-state index contributed by atoms with van der Waals surface area (Å²) in [6.45, 7) is 7.72. The Morgan fingerprint density at radius 2 is 1.88 bits per heavy atom. The highest BCUT2D eigenvalue weighted by molar-refractivity contribution is 6.09. The second kappa shape index (κ2) is 9.41. The summed E-state index contributed by atoms with van der Waals surface area (Å²) in [6, 6.07) is 6.30. The Balaban J connectivity index is 1.63. The van der Waals surface area contributed by atoms with Crippen LogP contribution >= 0.6 is 0 Å². The van der Waals surface area contributed by atoms with Crippen LogP contribution in [-0.4, -0.2) is 65.8 Å². The van der Waals surface area contributed by atoms with Crippen molar-refractivity contribution in [3.05, 3.63) is 24.3 Å². The van der Waals surface area contributed by atoms with Gasteiger partial charge in [-0.05, 0) is 61.8 Å². The van der Waals surface area contributed by atoms with Gasteiger partial charge in [0.05, 0.1) is 13.7 Å². The van der Waals surface area contributed by atoms with E-state index in [2.05, 4.69) is 31.4 Å². The maximum absolute atomic E-state index is 13.3. The standard InChI is InChI=1S/C24H34N4O5/c1-6-27(13-19(29)25-17-7-9-18(33-5)10-8-17)20(30)14-28-21(31)24(26-22(28)32)12-16(2)11-23(3,4)15-24/h7-10,16H,6,11-15H2,1-5H3,(H,25,29)(H,26,32)/t16-,24+/m0/s1. The Labute approximate surface area is 194 Å². The Bertz CT molecular complexity index is 929. The number of nitrogens with zero attached hydrogens (tertiary/aromatic N) is 2. The normalized spacial score (nSPS) is 23.9. The lowest BCUT2D eigenvalue weighted by Crippen LogP contribution is -2.54. The Kier molecular flexibility index (Phi) is 7.00. The first-order valence-electron chi connectivity index (χ1n) is 11.3. The highest BCUT2D eigenvalue weighted by atomic mass is 16.5. The van der Waals surface area contributed by atoms with Crippen LogP contribution in [-0.2, 0) is 14.4 Å². The summed E-state index contributed by atoms with van der Waals surface area (Å²) in [5.41, 5.74) is -0.467. The van der Waals surface area contributed by atoms with Gasteiger partial charge in [-0.3, -0.25) is 19.3 Å². The number of likely N-dealkylation sites (N-methyl/N-ethyl adjacent to an activating group) is 1. The molecule has 1 saturated heterocycles. The molecule has 0 bridgehead atoms. The van der Waals surface area contributed by atoms with Crippen molar-refractivity contribution in [2.75, 3.05) is 32.1 Å². The summed E-state index contributed by atoms with van der Waals surface area (Å²) in [5, 5.41) is 5.61. The van der Waals surface area contributed by atoms with E-state index in [-0.39, 0.29) is 42.8 Å². The Morgan fingerprint density at radius 3 is 2.45 bits per heavy atom. The van der Waals surface area contributed by atoms with Crippen LogP contribution in [0.25, 0.3) is 0 Å². The van der Waals surface area contributed by atoms with Gasteiger partial charge in [0.2, 0.25) is 11.8 Å². The van der Waals surface area contributed by atoms with Crippen molar-refractivity contribution in [1.82, 2.24) is 15.1 Å². The van der Waals surface area contributed by atoms with Gasteiger partial charge in [0.25, 0.3) is 5.91 Å². The summed E-state index contributed by atoms with van der Waals surface area (Å²) < 4.78 is 5.10. The van der Waals surface area contributed by atoms with Crippen LogP contribution in [0.3, 0.4) is 0 Å².